The van der Waals surface area contributed by atoms with Crippen LogP contribution >= 0.6 is 0 Å². The molecule has 0 fully saturated rings. The van der Waals surface area contributed by atoms with Crippen molar-refractivity contribution in [3.63, 3.8) is 0 Å². The Balaban J connectivity index is 2.07. The molecular formula is C16H16N4O2. The van der Waals surface area contributed by atoms with E-state index in [1.54, 1.807) is 16.8 Å². The van der Waals surface area contributed by atoms with Gasteiger partial charge in [0, 0.05) is 17.3 Å². The van der Waals surface area contributed by atoms with E-state index in [9.17, 15) is 15.2 Å². The maximum atomic E-state index is 11.4. The van der Waals surface area contributed by atoms with Crippen molar-refractivity contribution in [2.24, 2.45) is 5.73 Å². The van der Waals surface area contributed by atoms with Gasteiger partial charge in [-0.3, -0.25) is 4.68 Å². The summed E-state index contributed by atoms with van der Waals surface area (Å²) in [6, 6.07) is 9.13. The van der Waals surface area contributed by atoms with Gasteiger partial charge in [0.05, 0.1) is 18.2 Å². The zero-order valence-electron chi connectivity index (χ0n) is 12.0. The molecule has 6 heteroatoms. The van der Waals surface area contributed by atoms with E-state index in [0.717, 1.165) is 30.5 Å². The van der Waals surface area contributed by atoms with E-state index in [4.69, 9.17) is 5.73 Å². The molecule has 1 aliphatic rings. The van der Waals surface area contributed by atoms with Crippen LogP contribution in [0.4, 0.5) is 0 Å². The van der Waals surface area contributed by atoms with E-state index >= 15 is 0 Å². The highest BCUT2D eigenvalue weighted by Gasteiger charge is 2.29. The normalized spacial score (nSPS) is 16.8. The molecule has 0 saturated heterocycles. The molecule has 1 atom stereocenters. The first-order valence-corrected chi connectivity index (χ1v) is 7.18. The molecule has 0 amide bonds. The Morgan fingerprint density at radius 3 is 3.00 bits per heavy atom. The van der Waals surface area contributed by atoms with Gasteiger partial charge in [0.25, 0.3) is 0 Å². The molecule has 0 saturated carbocycles. The number of nitrogens with two attached hydrogens (primary N) is 1. The highest BCUT2D eigenvalue weighted by molar-refractivity contribution is 5.87. The lowest BCUT2D eigenvalue weighted by molar-refractivity contribution is 0.0687. The highest BCUT2D eigenvalue weighted by atomic mass is 16.4. The summed E-state index contributed by atoms with van der Waals surface area (Å²) in [4.78, 5) is 11.4. The molecule has 2 aromatic rings. The summed E-state index contributed by atoms with van der Waals surface area (Å²) >= 11 is 0. The molecule has 1 unspecified atom stereocenters. The second-order valence-corrected chi connectivity index (χ2v) is 5.44. The Hall–Kier alpha value is -2.65. The molecule has 0 spiro atoms. The third-order valence-corrected chi connectivity index (χ3v) is 4.06. The molecule has 3 N–H and O–H groups in total. The van der Waals surface area contributed by atoms with Gasteiger partial charge in [0.1, 0.15) is 0 Å². The molecule has 1 aromatic carbocycles. The van der Waals surface area contributed by atoms with Gasteiger partial charge in [-0.25, -0.2) is 4.79 Å². The molecule has 0 aliphatic heterocycles. The molecule has 6 nitrogen and oxygen atoms in total. The van der Waals surface area contributed by atoms with E-state index in [0.29, 0.717) is 17.7 Å². The maximum Gasteiger partial charge on any atom is 0.356 e. The zero-order chi connectivity index (χ0) is 15.7. The second-order valence-electron chi connectivity index (χ2n) is 5.44. The van der Waals surface area contributed by atoms with Gasteiger partial charge in [-0.05, 0) is 30.9 Å². The summed E-state index contributed by atoms with van der Waals surface area (Å²) in [5.41, 5.74) is 9.04. The summed E-state index contributed by atoms with van der Waals surface area (Å²) in [5.74, 6) is -1.05. The van der Waals surface area contributed by atoms with Crippen molar-refractivity contribution in [3.05, 3.63) is 52.3 Å². The summed E-state index contributed by atoms with van der Waals surface area (Å²) in [7, 11) is 0. The SMILES string of the molecule is N#Cc1ccccc1Cn1nc(C(=O)O)c2c1CCCC2N. The molecule has 22 heavy (non-hydrogen) atoms. The third-order valence-electron chi connectivity index (χ3n) is 4.06. The number of hydrogen-bond acceptors (Lipinski definition) is 4. The summed E-state index contributed by atoms with van der Waals surface area (Å²) < 4.78 is 1.69. The predicted octanol–water partition coefficient (Wildman–Crippen LogP) is 1.84. The van der Waals surface area contributed by atoms with Crippen molar-refractivity contribution in [2.75, 3.05) is 0 Å². The van der Waals surface area contributed by atoms with Crippen molar-refractivity contribution >= 4 is 5.97 Å². The Labute approximate surface area is 127 Å². The number of aromatic carboxylic acids is 1. The number of carbonyl (C=O) groups is 1. The van der Waals surface area contributed by atoms with E-state index in [-0.39, 0.29) is 11.7 Å². The molecule has 3 rings (SSSR count). The Morgan fingerprint density at radius 2 is 2.27 bits per heavy atom. The molecule has 112 valence electrons. The predicted molar refractivity (Wildman–Crippen MR) is 79.3 cm³/mol. The van der Waals surface area contributed by atoms with Gasteiger partial charge in [0.15, 0.2) is 5.69 Å². The first kappa shape index (κ1) is 14.3. The van der Waals surface area contributed by atoms with Crippen LogP contribution in [0, 0.1) is 11.3 Å². The lowest BCUT2D eigenvalue weighted by Gasteiger charge is -2.20. The average molecular weight is 296 g/mol. The van der Waals surface area contributed by atoms with Crippen molar-refractivity contribution in [1.29, 1.82) is 5.26 Å². The number of hydrogen-bond donors (Lipinski definition) is 2. The van der Waals surface area contributed by atoms with Gasteiger partial charge in [-0.1, -0.05) is 18.2 Å². The van der Waals surface area contributed by atoms with E-state index in [2.05, 4.69) is 11.2 Å². The molecule has 1 heterocycles. The smallest absolute Gasteiger partial charge is 0.356 e. The van der Waals surface area contributed by atoms with E-state index in [1.807, 2.05) is 12.1 Å². The average Bonchev–Trinajstić information content (AvgIpc) is 2.88. The van der Waals surface area contributed by atoms with E-state index < -0.39 is 5.97 Å². The zero-order valence-corrected chi connectivity index (χ0v) is 12.0. The minimum Gasteiger partial charge on any atom is -0.476 e. The standard InChI is InChI=1S/C16H16N4O2/c17-8-10-4-1-2-5-11(10)9-20-13-7-3-6-12(18)14(13)15(19-20)16(21)22/h1-2,4-5,12H,3,6-7,9,18H2,(H,21,22). The van der Waals surface area contributed by atoms with Gasteiger partial charge >= 0.3 is 5.97 Å². The highest BCUT2D eigenvalue weighted by Crippen LogP contribution is 2.31. The van der Waals surface area contributed by atoms with Crippen LogP contribution in [0.2, 0.25) is 0 Å². The van der Waals surface area contributed by atoms with Crippen LogP contribution in [0.1, 0.15) is 51.8 Å². The first-order valence-electron chi connectivity index (χ1n) is 7.18. The maximum absolute atomic E-state index is 11.4. The van der Waals surface area contributed by atoms with Gasteiger partial charge < -0.3 is 10.8 Å². The van der Waals surface area contributed by atoms with Gasteiger partial charge in [0.2, 0.25) is 0 Å². The molecular weight excluding hydrogens is 280 g/mol. The number of fused-ring (bicyclic) bond motifs is 1. The largest absolute Gasteiger partial charge is 0.476 e. The van der Waals surface area contributed by atoms with Crippen LogP contribution in [0.5, 0.6) is 0 Å². The van der Waals surface area contributed by atoms with E-state index in [1.165, 1.54) is 0 Å². The summed E-state index contributed by atoms with van der Waals surface area (Å²) in [5, 5.41) is 22.8. The van der Waals surface area contributed by atoms with Crippen LogP contribution in [-0.4, -0.2) is 20.9 Å². The fourth-order valence-corrected chi connectivity index (χ4v) is 3.02. The number of nitrogens with zero attached hydrogens (tertiary/aromatic N) is 3. The monoisotopic (exact) mass is 296 g/mol. The fourth-order valence-electron chi connectivity index (χ4n) is 3.02. The Kier molecular flexibility index (Phi) is 3.65. The summed E-state index contributed by atoms with van der Waals surface area (Å²) in [6.07, 6.45) is 2.45. The van der Waals surface area contributed by atoms with Crippen LogP contribution in [0.25, 0.3) is 0 Å². The fraction of sp³-hybridized carbons (Fsp3) is 0.312. The molecule has 1 aromatic heterocycles. The van der Waals surface area contributed by atoms with Gasteiger partial charge in [-0.15, -0.1) is 0 Å². The summed E-state index contributed by atoms with van der Waals surface area (Å²) in [6.45, 7) is 0.381. The lowest BCUT2D eigenvalue weighted by atomic mass is 9.91. The Morgan fingerprint density at radius 1 is 1.50 bits per heavy atom. The minimum atomic E-state index is -1.05. The molecule has 1 aliphatic carbocycles. The number of aromatic nitrogens is 2. The van der Waals surface area contributed by atoms with Crippen LogP contribution in [-0.2, 0) is 13.0 Å². The number of rotatable bonds is 3. The molecule has 0 bridgehead atoms. The Bertz CT molecular complexity index is 773. The number of carboxylic acid groups (broad SMARTS) is 1. The third kappa shape index (κ3) is 2.36. The number of benzene rings is 1. The van der Waals surface area contributed by atoms with Crippen LogP contribution in [0.3, 0.4) is 0 Å². The minimum absolute atomic E-state index is 0.0386. The topological polar surface area (TPSA) is 105 Å². The van der Waals surface area contributed by atoms with Crippen molar-refractivity contribution < 1.29 is 9.90 Å². The van der Waals surface area contributed by atoms with Crippen molar-refractivity contribution in [2.45, 2.75) is 31.8 Å². The molecule has 0 radical (unpaired) electrons. The second kappa shape index (κ2) is 5.62. The van der Waals surface area contributed by atoms with Crippen LogP contribution < -0.4 is 5.73 Å². The lowest BCUT2D eigenvalue weighted by Crippen LogP contribution is -2.20. The van der Waals surface area contributed by atoms with Gasteiger partial charge in [-0.2, -0.15) is 10.4 Å². The number of carboxylic acids is 1. The number of nitriles is 1. The quantitative estimate of drug-likeness (QED) is 0.899. The van der Waals surface area contributed by atoms with Crippen LogP contribution in [0.15, 0.2) is 24.3 Å². The van der Waals surface area contributed by atoms with Crippen molar-refractivity contribution in [3.8, 4) is 6.07 Å². The first-order chi connectivity index (χ1) is 10.6. The van der Waals surface area contributed by atoms with Crippen molar-refractivity contribution in [1.82, 2.24) is 9.78 Å².